The quantitative estimate of drug-likeness (QED) is 0.640. The van der Waals surface area contributed by atoms with Crippen molar-refractivity contribution in [1.82, 2.24) is 0 Å². The van der Waals surface area contributed by atoms with E-state index in [4.69, 9.17) is 4.74 Å². The van der Waals surface area contributed by atoms with Gasteiger partial charge in [-0.3, -0.25) is 4.79 Å². The van der Waals surface area contributed by atoms with E-state index >= 15 is 0 Å². The third-order valence-corrected chi connectivity index (χ3v) is 5.65. The molecule has 2 unspecified atom stereocenters. The molecule has 4 saturated carbocycles. The lowest BCUT2D eigenvalue weighted by molar-refractivity contribution is -0.241. The number of aliphatic carboxylic acids is 1. The SMILES string of the molecule is C=C(C)C(=O)OC12CC3(C)CC(C)(C1)CC(C(=O)O)(C3)C2. The molecule has 0 radical (unpaired) electrons. The average molecular weight is 292 g/mol. The van der Waals surface area contributed by atoms with Gasteiger partial charge in [0.15, 0.2) is 0 Å². The first kappa shape index (κ1) is 14.6. The van der Waals surface area contributed by atoms with E-state index in [1.54, 1.807) is 6.92 Å². The van der Waals surface area contributed by atoms with Gasteiger partial charge in [-0.15, -0.1) is 0 Å². The maximum absolute atomic E-state index is 12.0. The average Bonchev–Trinajstić information content (AvgIpc) is 2.22. The lowest BCUT2D eigenvalue weighted by atomic mass is 9.39. The Balaban J connectivity index is 2.02. The van der Waals surface area contributed by atoms with Gasteiger partial charge in [0.1, 0.15) is 5.60 Å². The molecule has 1 N–H and O–H groups in total. The number of hydrogen-bond acceptors (Lipinski definition) is 3. The number of carbonyl (C=O) groups excluding carboxylic acids is 1. The van der Waals surface area contributed by atoms with E-state index in [-0.39, 0.29) is 16.8 Å². The summed E-state index contributed by atoms with van der Waals surface area (Å²) in [6.45, 7) is 9.60. The normalized spacial score (nSPS) is 47.2. The van der Waals surface area contributed by atoms with Gasteiger partial charge in [-0.1, -0.05) is 20.4 Å². The second-order valence-electron chi connectivity index (χ2n) is 8.62. The van der Waals surface area contributed by atoms with Crippen LogP contribution in [-0.4, -0.2) is 22.6 Å². The maximum atomic E-state index is 12.0. The summed E-state index contributed by atoms with van der Waals surface area (Å²) in [5, 5.41) is 9.81. The van der Waals surface area contributed by atoms with Crippen LogP contribution in [0.3, 0.4) is 0 Å². The van der Waals surface area contributed by atoms with E-state index in [0.29, 0.717) is 24.8 Å². The van der Waals surface area contributed by atoms with Crippen LogP contribution in [0.25, 0.3) is 0 Å². The molecule has 4 rings (SSSR count). The molecule has 4 nitrogen and oxygen atoms in total. The van der Waals surface area contributed by atoms with Gasteiger partial charge < -0.3 is 9.84 Å². The Hall–Kier alpha value is -1.32. The van der Waals surface area contributed by atoms with Crippen molar-refractivity contribution in [1.29, 1.82) is 0 Å². The van der Waals surface area contributed by atoms with Crippen molar-refractivity contribution in [3.63, 3.8) is 0 Å². The van der Waals surface area contributed by atoms with Crippen LogP contribution in [0.15, 0.2) is 12.2 Å². The molecule has 0 spiro atoms. The van der Waals surface area contributed by atoms with E-state index in [9.17, 15) is 14.7 Å². The zero-order chi connectivity index (χ0) is 15.7. The number of esters is 1. The summed E-state index contributed by atoms with van der Waals surface area (Å²) in [6.07, 6.45) is 4.46. The summed E-state index contributed by atoms with van der Waals surface area (Å²) in [7, 11) is 0. The third-order valence-electron chi connectivity index (χ3n) is 5.65. The predicted octanol–water partition coefficient (Wildman–Crippen LogP) is 3.31. The number of rotatable bonds is 3. The summed E-state index contributed by atoms with van der Waals surface area (Å²) in [5.41, 5.74) is -1.06. The van der Waals surface area contributed by atoms with Crippen molar-refractivity contribution in [2.75, 3.05) is 0 Å². The number of carbonyl (C=O) groups is 2. The minimum Gasteiger partial charge on any atom is -0.481 e. The number of carboxylic acids is 1. The molecule has 0 aromatic carbocycles. The Morgan fingerprint density at radius 3 is 1.95 bits per heavy atom. The summed E-state index contributed by atoms with van der Waals surface area (Å²) in [5.74, 6) is -1.11. The standard InChI is InChI=1S/C17H24O4/c1-11(2)12(18)21-17-8-14(3)5-15(4,9-17)7-16(6-14,10-17)13(19)20/h1,5-10H2,2-4H3,(H,19,20). The molecule has 4 heteroatoms. The summed E-state index contributed by atoms with van der Waals surface area (Å²) >= 11 is 0. The Bertz CT molecular complexity index is 529. The van der Waals surface area contributed by atoms with Crippen LogP contribution in [0.1, 0.15) is 59.3 Å². The molecule has 0 amide bonds. The van der Waals surface area contributed by atoms with Crippen molar-refractivity contribution in [2.45, 2.75) is 64.9 Å². The third kappa shape index (κ3) is 2.11. The second-order valence-corrected chi connectivity index (χ2v) is 8.62. The summed E-state index contributed by atoms with van der Waals surface area (Å²) in [6, 6.07) is 0. The van der Waals surface area contributed by atoms with Crippen LogP contribution in [0, 0.1) is 16.2 Å². The molecule has 21 heavy (non-hydrogen) atoms. The molecule has 4 aliphatic rings. The van der Waals surface area contributed by atoms with Gasteiger partial charge in [-0.05, 0) is 49.9 Å². The molecule has 0 aliphatic heterocycles. The van der Waals surface area contributed by atoms with Crippen LogP contribution >= 0.6 is 0 Å². The Labute approximate surface area is 125 Å². The first-order chi connectivity index (χ1) is 9.51. The highest BCUT2D eigenvalue weighted by Gasteiger charge is 2.69. The molecule has 0 heterocycles. The van der Waals surface area contributed by atoms with E-state index in [0.717, 1.165) is 19.3 Å². The van der Waals surface area contributed by atoms with E-state index in [1.807, 2.05) is 0 Å². The van der Waals surface area contributed by atoms with Crippen LogP contribution in [0.2, 0.25) is 0 Å². The fraction of sp³-hybridized carbons (Fsp3) is 0.765. The molecule has 4 bridgehead atoms. The van der Waals surface area contributed by atoms with Gasteiger partial charge in [-0.2, -0.15) is 0 Å². The highest BCUT2D eigenvalue weighted by molar-refractivity contribution is 5.87. The van der Waals surface area contributed by atoms with Crippen LogP contribution in [0.4, 0.5) is 0 Å². The van der Waals surface area contributed by atoms with Crippen LogP contribution in [-0.2, 0) is 14.3 Å². The largest absolute Gasteiger partial charge is 0.481 e. The minimum atomic E-state index is -0.729. The van der Waals surface area contributed by atoms with Gasteiger partial charge in [0.05, 0.1) is 5.41 Å². The van der Waals surface area contributed by atoms with Gasteiger partial charge in [0.2, 0.25) is 0 Å². The van der Waals surface area contributed by atoms with Crippen LogP contribution < -0.4 is 0 Å². The molecular formula is C17H24O4. The smallest absolute Gasteiger partial charge is 0.333 e. The van der Waals surface area contributed by atoms with Crippen molar-refractivity contribution >= 4 is 11.9 Å². The monoisotopic (exact) mass is 292 g/mol. The first-order valence-electron chi connectivity index (χ1n) is 7.64. The highest BCUT2D eigenvalue weighted by Crippen LogP contribution is 2.71. The molecule has 4 aliphatic carbocycles. The van der Waals surface area contributed by atoms with Crippen molar-refractivity contribution in [3.05, 3.63) is 12.2 Å². The highest BCUT2D eigenvalue weighted by atomic mass is 16.6. The molecule has 0 aromatic rings. The van der Waals surface area contributed by atoms with E-state index in [1.165, 1.54) is 0 Å². The fourth-order valence-corrected chi connectivity index (χ4v) is 6.21. The van der Waals surface area contributed by atoms with Crippen LogP contribution in [0.5, 0.6) is 0 Å². The summed E-state index contributed by atoms with van der Waals surface area (Å²) < 4.78 is 5.82. The van der Waals surface area contributed by atoms with Crippen molar-refractivity contribution in [3.8, 4) is 0 Å². The van der Waals surface area contributed by atoms with Gasteiger partial charge in [0, 0.05) is 12.0 Å². The maximum Gasteiger partial charge on any atom is 0.333 e. The van der Waals surface area contributed by atoms with E-state index in [2.05, 4.69) is 20.4 Å². The van der Waals surface area contributed by atoms with Gasteiger partial charge >= 0.3 is 11.9 Å². The van der Waals surface area contributed by atoms with Crippen molar-refractivity contribution in [2.24, 2.45) is 16.2 Å². The number of hydrogen-bond donors (Lipinski definition) is 1. The number of carboxylic acid groups (broad SMARTS) is 1. The topological polar surface area (TPSA) is 63.6 Å². The molecule has 116 valence electrons. The molecule has 0 aromatic heterocycles. The zero-order valence-corrected chi connectivity index (χ0v) is 13.1. The Morgan fingerprint density at radius 1 is 1.00 bits per heavy atom. The second kappa shape index (κ2) is 3.90. The van der Waals surface area contributed by atoms with Crippen molar-refractivity contribution < 1.29 is 19.4 Å². The zero-order valence-electron chi connectivity index (χ0n) is 13.1. The molecule has 0 saturated heterocycles. The molecule has 2 atom stereocenters. The Morgan fingerprint density at radius 2 is 1.52 bits per heavy atom. The van der Waals surface area contributed by atoms with E-state index < -0.39 is 17.0 Å². The first-order valence-corrected chi connectivity index (χ1v) is 7.64. The Kier molecular flexibility index (Phi) is 2.72. The van der Waals surface area contributed by atoms with Gasteiger partial charge in [0.25, 0.3) is 0 Å². The lowest BCUT2D eigenvalue weighted by Gasteiger charge is -2.67. The molecule has 4 fully saturated rings. The molecular weight excluding hydrogens is 268 g/mol. The van der Waals surface area contributed by atoms with Gasteiger partial charge in [-0.25, -0.2) is 4.79 Å². The lowest BCUT2D eigenvalue weighted by Crippen LogP contribution is -2.65. The predicted molar refractivity (Wildman–Crippen MR) is 77.6 cm³/mol. The fourth-order valence-electron chi connectivity index (χ4n) is 6.21. The number of ether oxygens (including phenoxy) is 1. The minimum absolute atomic E-state index is 0.0444. The summed E-state index contributed by atoms with van der Waals surface area (Å²) in [4.78, 5) is 24.0.